The highest BCUT2D eigenvalue weighted by Crippen LogP contribution is 2.33. The Balaban J connectivity index is 1.87. The summed E-state index contributed by atoms with van der Waals surface area (Å²) in [4.78, 5) is 27.5. The molecule has 2 unspecified atom stereocenters. The van der Waals surface area contributed by atoms with Gasteiger partial charge in [0.15, 0.2) is 12.1 Å². The van der Waals surface area contributed by atoms with E-state index in [1.807, 2.05) is 0 Å². The summed E-state index contributed by atoms with van der Waals surface area (Å²) in [7, 11) is 0. The quantitative estimate of drug-likeness (QED) is 0.586. The largest absolute Gasteiger partial charge is 0.480 e. The van der Waals surface area contributed by atoms with Crippen LogP contribution in [-0.4, -0.2) is 35.5 Å². The Kier molecular flexibility index (Phi) is 2.68. The molecule has 0 aliphatic carbocycles. The van der Waals surface area contributed by atoms with Gasteiger partial charge in [-0.3, -0.25) is 14.9 Å². The van der Waals surface area contributed by atoms with Gasteiger partial charge in [-0.1, -0.05) is 17.3 Å². The number of rotatable bonds is 3. The molecule has 2 atom stereocenters. The first-order chi connectivity index (χ1) is 9.16. The number of fused-ring (bicyclic) bond motifs is 3. The molecule has 2 heterocycles. The molecule has 2 N–H and O–H groups in total. The molecule has 0 fully saturated rings. The predicted molar refractivity (Wildman–Crippen MR) is 62.6 cm³/mol. The van der Waals surface area contributed by atoms with Gasteiger partial charge in [0.05, 0.1) is 6.54 Å². The number of carbonyl (C=O) groups is 2. The van der Waals surface area contributed by atoms with Crippen LogP contribution in [0.3, 0.4) is 0 Å². The molecule has 0 aromatic heterocycles. The average molecular weight is 262 g/mol. The van der Waals surface area contributed by atoms with Crippen molar-refractivity contribution in [2.24, 2.45) is 11.1 Å². The van der Waals surface area contributed by atoms with Crippen LogP contribution in [0.1, 0.15) is 5.56 Å². The van der Waals surface area contributed by atoms with E-state index in [9.17, 15) is 9.59 Å². The molecule has 7 heteroatoms. The lowest BCUT2D eigenvalue weighted by Crippen LogP contribution is -2.46. The van der Waals surface area contributed by atoms with Crippen molar-refractivity contribution in [2.75, 3.05) is 6.54 Å². The Morgan fingerprint density at radius 3 is 3.00 bits per heavy atom. The fourth-order valence-corrected chi connectivity index (χ4v) is 2.11. The molecule has 19 heavy (non-hydrogen) atoms. The van der Waals surface area contributed by atoms with E-state index in [0.29, 0.717) is 17.0 Å². The van der Waals surface area contributed by atoms with Gasteiger partial charge in [0.25, 0.3) is 0 Å². The molecule has 98 valence electrons. The number of esters is 1. The maximum absolute atomic E-state index is 11.9. The zero-order valence-corrected chi connectivity index (χ0v) is 9.70. The summed E-state index contributed by atoms with van der Waals surface area (Å²) in [6, 6.07) is 7.00. The first-order valence-corrected chi connectivity index (χ1v) is 5.67. The maximum atomic E-state index is 11.9. The van der Waals surface area contributed by atoms with Gasteiger partial charge in [-0.2, -0.15) is 0 Å². The van der Waals surface area contributed by atoms with Crippen molar-refractivity contribution in [3.63, 3.8) is 0 Å². The number of para-hydroxylation sites is 1. The molecule has 0 radical (unpaired) electrons. The van der Waals surface area contributed by atoms with E-state index in [0.717, 1.165) is 0 Å². The smallest absolute Gasteiger partial charge is 0.326 e. The molecule has 1 aromatic rings. The summed E-state index contributed by atoms with van der Waals surface area (Å²) in [6.45, 7) is -0.321. The Morgan fingerprint density at radius 1 is 1.42 bits per heavy atom. The number of nitrogens with one attached hydrogen (secondary N) is 1. The average Bonchev–Trinajstić information content (AvgIpc) is 2.81. The van der Waals surface area contributed by atoms with Gasteiger partial charge >= 0.3 is 11.9 Å². The first kappa shape index (κ1) is 11.7. The number of carboxylic acids is 1. The molecule has 0 amide bonds. The highest BCUT2D eigenvalue weighted by molar-refractivity contribution is 6.17. The molecular weight excluding hydrogens is 252 g/mol. The van der Waals surface area contributed by atoms with Gasteiger partial charge < -0.3 is 14.7 Å². The zero-order chi connectivity index (χ0) is 13.4. The normalized spacial score (nSPS) is 23.8. The molecular formula is C12H10N2O5. The van der Waals surface area contributed by atoms with E-state index in [1.54, 1.807) is 24.3 Å². The van der Waals surface area contributed by atoms with Gasteiger partial charge in [-0.05, 0) is 12.1 Å². The van der Waals surface area contributed by atoms with E-state index in [4.69, 9.17) is 14.7 Å². The monoisotopic (exact) mass is 262 g/mol. The van der Waals surface area contributed by atoms with Crippen LogP contribution in [-0.2, 0) is 14.4 Å². The van der Waals surface area contributed by atoms with Crippen molar-refractivity contribution < 1.29 is 24.3 Å². The fourth-order valence-electron chi connectivity index (χ4n) is 2.11. The SMILES string of the molecule is O=C(O)CNC1ON=C2c3ccccc3OC(=O)C21. The predicted octanol–water partition coefficient (Wildman–Crippen LogP) is -0.0436. The van der Waals surface area contributed by atoms with Gasteiger partial charge in [-0.15, -0.1) is 0 Å². The second-order valence-electron chi connectivity index (χ2n) is 4.17. The minimum absolute atomic E-state index is 0.321. The van der Waals surface area contributed by atoms with Crippen LogP contribution in [0.5, 0.6) is 5.75 Å². The lowest BCUT2D eigenvalue weighted by Gasteiger charge is -2.23. The Bertz CT molecular complexity index is 583. The molecule has 2 aliphatic rings. The topological polar surface area (TPSA) is 97.2 Å². The Hall–Kier alpha value is -2.41. The summed E-state index contributed by atoms with van der Waals surface area (Å²) >= 11 is 0. The number of ether oxygens (including phenoxy) is 1. The van der Waals surface area contributed by atoms with Gasteiger partial charge in [0.1, 0.15) is 11.5 Å². The van der Waals surface area contributed by atoms with Crippen LogP contribution in [0.2, 0.25) is 0 Å². The summed E-state index contributed by atoms with van der Waals surface area (Å²) in [6.07, 6.45) is -0.813. The lowest BCUT2D eigenvalue weighted by atomic mass is 9.93. The molecule has 0 saturated heterocycles. The maximum Gasteiger partial charge on any atom is 0.326 e. The molecule has 0 spiro atoms. The molecule has 1 aromatic carbocycles. The number of carbonyl (C=O) groups excluding carboxylic acids is 1. The van der Waals surface area contributed by atoms with Crippen molar-refractivity contribution in [1.82, 2.24) is 5.32 Å². The second-order valence-corrected chi connectivity index (χ2v) is 4.17. The van der Waals surface area contributed by atoms with E-state index in [-0.39, 0.29) is 6.54 Å². The van der Waals surface area contributed by atoms with Gasteiger partial charge in [0, 0.05) is 5.56 Å². The number of oxime groups is 1. The number of aliphatic carboxylic acids is 1. The first-order valence-electron chi connectivity index (χ1n) is 5.67. The number of benzene rings is 1. The van der Waals surface area contributed by atoms with E-state index in [1.165, 1.54) is 0 Å². The van der Waals surface area contributed by atoms with Crippen LogP contribution in [0.4, 0.5) is 0 Å². The molecule has 7 nitrogen and oxygen atoms in total. The van der Waals surface area contributed by atoms with Crippen molar-refractivity contribution in [1.29, 1.82) is 0 Å². The minimum atomic E-state index is -1.04. The van der Waals surface area contributed by atoms with Gasteiger partial charge in [0.2, 0.25) is 0 Å². The third kappa shape index (κ3) is 1.93. The minimum Gasteiger partial charge on any atom is -0.480 e. The van der Waals surface area contributed by atoms with Crippen molar-refractivity contribution in [2.45, 2.75) is 6.23 Å². The third-order valence-corrected chi connectivity index (χ3v) is 2.94. The van der Waals surface area contributed by atoms with E-state index in [2.05, 4.69) is 10.5 Å². The highest BCUT2D eigenvalue weighted by Gasteiger charge is 2.46. The van der Waals surface area contributed by atoms with Crippen LogP contribution < -0.4 is 10.1 Å². The number of hydrogen-bond acceptors (Lipinski definition) is 6. The summed E-state index contributed by atoms with van der Waals surface area (Å²) < 4.78 is 5.20. The van der Waals surface area contributed by atoms with Crippen LogP contribution >= 0.6 is 0 Å². The standard InChI is InChI=1S/C12H10N2O5/c15-8(16)5-13-11-9-10(14-19-11)6-3-1-2-4-7(6)18-12(9)17/h1-4,9,11,13H,5H2,(H,15,16). The van der Waals surface area contributed by atoms with Crippen LogP contribution in [0.15, 0.2) is 29.4 Å². The third-order valence-electron chi connectivity index (χ3n) is 2.94. The second kappa shape index (κ2) is 4.36. The van der Waals surface area contributed by atoms with Crippen molar-refractivity contribution in [3.05, 3.63) is 29.8 Å². The fraction of sp³-hybridized carbons (Fsp3) is 0.250. The van der Waals surface area contributed by atoms with E-state index >= 15 is 0 Å². The zero-order valence-electron chi connectivity index (χ0n) is 9.70. The number of hydrogen-bond donors (Lipinski definition) is 2. The summed E-state index contributed by atoms with van der Waals surface area (Å²) in [5.74, 6) is -1.85. The van der Waals surface area contributed by atoms with Gasteiger partial charge in [-0.25, -0.2) is 0 Å². The highest BCUT2D eigenvalue weighted by atomic mass is 16.7. The molecule has 2 aliphatic heterocycles. The number of nitrogens with zero attached hydrogens (tertiary/aromatic N) is 1. The van der Waals surface area contributed by atoms with Crippen molar-refractivity contribution in [3.8, 4) is 5.75 Å². The summed E-state index contributed by atoms with van der Waals surface area (Å²) in [5, 5.41) is 15.1. The summed E-state index contributed by atoms with van der Waals surface area (Å²) in [5.41, 5.74) is 1.15. The Labute approximate surface area is 107 Å². The molecule has 0 saturated carbocycles. The van der Waals surface area contributed by atoms with Crippen LogP contribution in [0.25, 0.3) is 0 Å². The molecule has 0 bridgehead atoms. The lowest BCUT2D eigenvalue weighted by molar-refractivity contribution is -0.143. The van der Waals surface area contributed by atoms with Crippen LogP contribution in [0, 0.1) is 5.92 Å². The Morgan fingerprint density at radius 2 is 2.21 bits per heavy atom. The van der Waals surface area contributed by atoms with E-state index < -0.39 is 24.1 Å². The van der Waals surface area contributed by atoms with Crippen molar-refractivity contribution >= 4 is 17.7 Å². The number of carboxylic acid groups (broad SMARTS) is 1. The molecule has 3 rings (SSSR count).